The van der Waals surface area contributed by atoms with Crippen molar-refractivity contribution in [3.8, 4) is 0 Å². The molecule has 0 saturated heterocycles. The first-order chi connectivity index (χ1) is 8.47. The van der Waals surface area contributed by atoms with E-state index in [1.165, 1.54) is 0 Å². The molecule has 0 amide bonds. The summed E-state index contributed by atoms with van der Waals surface area (Å²) in [5, 5.41) is 0.542. The molecule has 5 nitrogen and oxygen atoms in total. The normalized spacial score (nSPS) is 10.6. The van der Waals surface area contributed by atoms with E-state index >= 15 is 0 Å². The van der Waals surface area contributed by atoms with E-state index in [1.54, 1.807) is 6.20 Å². The van der Waals surface area contributed by atoms with Gasteiger partial charge in [-0.3, -0.25) is 0 Å². The molecule has 0 atom stereocenters. The highest BCUT2D eigenvalue weighted by Gasteiger charge is 2.07. The number of nitrogens with two attached hydrogens (primary N) is 3. The number of nitrogens with zero attached hydrogens (tertiary/aromatic N) is 2. The maximum Gasteiger partial charge on any atom is 0.221 e. The van der Waals surface area contributed by atoms with Gasteiger partial charge in [-0.25, -0.2) is 4.98 Å². The lowest BCUT2D eigenvalue weighted by molar-refractivity contribution is 1.09. The molecule has 2 aromatic rings. The van der Waals surface area contributed by atoms with Gasteiger partial charge in [0.25, 0.3) is 0 Å². The molecule has 0 spiro atoms. The van der Waals surface area contributed by atoms with Crippen LogP contribution in [0.3, 0.4) is 0 Å². The third kappa shape index (κ3) is 2.46. The second-order valence-electron chi connectivity index (χ2n) is 4.12. The maximum absolute atomic E-state index is 6.04. The molecule has 6 N–H and O–H groups in total. The average Bonchev–Trinajstić information content (AvgIpc) is 2.29. The van der Waals surface area contributed by atoms with Crippen LogP contribution in [0.25, 0.3) is 0 Å². The van der Waals surface area contributed by atoms with Crippen LogP contribution in [0.4, 0.5) is 17.5 Å². The smallest absolute Gasteiger partial charge is 0.221 e. The van der Waals surface area contributed by atoms with Gasteiger partial charge in [0, 0.05) is 18.2 Å². The fourth-order valence-corrected chi connectivity index (χ4v) is 2.01. The van der Waals surface area contributed by atoms with E-state index in [2.05, 4.69) is 9.97 Å². The van der Waals surface area contributed by atoms with Crippen LogP contribution in [0.2, 0.25) is 5.02 Å². The molecule has 1 aromatic heterocycles. The van der Waals surface area contributed by atoms with Gasteiger partial charge in [0.1, 0.15) is 5.82 Å². The third-order valence-corrected chi connectivity index (χ3v) is 3.02. The van der Waals surface area contributed by atoms with E-state index in [0.717, 1.165) is 16.7 Å². The van der Waals surface area contributed by atoms with E-state index in [4.69, 9.17) is 28.8 Å². The van der Waals surface area contributed by atoms with Crippen molar-refractivity contribution in [3.05, 3.63) is 40.0 Å². The minimum Gasteiger partial charge on any atom is -0.397 e. The van der Waals surface area contributed by atoms with Crippen LogP contribution in [0.15, 0.2) is 18.3 Å². The van der Waals surface area contributed by atoms with Crippen LogP contribution in [-0.2, 0) is 6.42 Å². The van der Waals surface area contributed by atoms with Gasteiger partial charge in [0.15, 0.2) is 0 Å². The second kappa shape index (κ2) is 4.70. The molecule has 94 valence electrons. The summed E-state index contributed by atoms with van der Waals surface area (Å²) < 4.78 is 0. The molecular weight excluding hydrogens is 250 g/mol. The van der Waals surface area contributed by atoms with Gasteiger partial charge in [-0.1, -0.05) is 17.7 Å². The van der Waals surface area contributed by atoms with Gasteiger partial charge >= 0.3 is 0 Å². The number of benzene rings is 1. The van der Waals surface area contributed by atoms with Crippen LogP contribution in [0, 0.1) is 6.92 Å². The summed E-state index contributed by atoms with van der Waals surface area (Å²) in [5.74, 6) is 0.552. The maximum atomic E-state index is 6.04. The van der Waals surface area contributed by atoms with Crippen molar-refractivity contribution in [1.29, 1.82) is 0 Å². The fraction of sp³-hybridized carbons (Fsp3) is 0.167. The topological polar surface area (TPSA) is 104 Å². The molecule has 2 rings (SSSR count). The van der Waals surface area contributed by atoms with Gasteiger partial charge < -0.3 is 17.2 Å². The summed E-state index contributed by atoms with van der Waals surface area (Å²) >= 11 is 6.04. The Labute approximate surface area is 110 Å². The molecule has 1 aromatic carbocycles. The molecule has 0 aliphatic carbocycles. The number of rotatable bonds is 2. The van der Waals surface area contributed by atoms with Crippen molar-refractivity contribution in [2.75, 3.05) is 17.2 Å². The van der Waals surface area contributed by atoms with Crippen molar-refractivity contribution >= 4 is 29.1 Å². The van der Waals surface area contributed by atoms with Gasteiger partial charge in [-0.2, -0.15) is 4.98 Å². The summed E-state index contributed by atoms with van der Waals surface area (Å²) in [6.07, 6.45) is 2.21. The van der Waals surface area contributed by atoms with Crippen LogP contribution in [-0.4, -0.2) is 9.97 Å². The first kappa shape index (κ1) is 12.4. The Hall–Kier alpha value is -2.01. The molecule has 0 unspecified atom stereocenters. The molecule has 0 bridgehead atoms. The van der Waals surface area contributed by atoms with Crippen LogP contribution in [0.5, 0.6) is 0 Å². The molecule has 6 heteroatoms. The third-order valence-electron chi connectivity index (χ3n) is 2.71. The number of aryl methyl sites for hydroxylation is 1. The summed E-state index contributed by atoms with van der Waals surface area (Å²) in [7, 11) is 0. The first-order valence-corrected chi connectivity index (χ1v) is 5.76. The first-order valence-electron chi connectivity index (χ1n) is 5.38. The number of hydrogen-bond acceptors (Lipinski definition) is 5. The highest BCUT2D eigenvalue weighted by Crippen LogP contribution is 2.26. The van der Waals surface area contributed by atoms with Crippen LogP contribution in [0.1, 0.15) is 16.7 Å². The summed E-state index contributed by atoms with van der Waals surface area (Å²) in [6, 6.07) is 3.79. The number of halogens is 1. The predicted octanol–water partition coefficient (Wildman–Crippen LogP) is 1.78. The van der Waals surface area contributed by atoms with Crippen molar-refractivity contribution in [2.24, 2.45) is 0 Å². The lowest BCUT2D eigenvalue weighted by Crippen LogP contribution is -2.04. The standard InChI is InChI=1S/C12H14ClN5/c1-6-2-7(4-9(13)10(6)14)3-8-5-17-12(16)18-11(8)15/h2,4-5H,3,14H2,1H3,(H4,15,16,17,18). The Morgan fingerprint density at radius 3 is 2.56 bits per heavy atom. The Morgan fingerprint density at radius 2 is 1.94 bits per heavy atom. The zero-order valence-electron chi connectivity index (χ0n) is 9.94. The van der Waals surface area contributed by atoms with E-state index < -0.39 is 0 Å². The Morgan fingerprint density at radius 1 is 1.22 bits per heavy atom. The molecule has 1 heterocycles. The molecule has 0 aliphatic heterocycles. The van der Waals surface area contributed by atoms with E-state index in [1.807, 2.05) is 19.1 Å². The van der Waals surface area contributed by atoms with E-state index in [9.17, 15) is 0 Å². The van der Waals surface area contributed by atoms with Crippen molar-refractivity contribution < 1.29 is 0 Å². The monoisotopic (exact) mass is 263 g/mol. The second-order valence-corrected chi connectivity index (χ2v) is 4.53. The van der Waals surface area contributed by atoms with Gasteiger partial charge in [-0.05, 0) is 24.1 Å². The van der Waals surface area contributed by atoms with Crippen LogP contribution >= 0.6 is 11.6 Å². The Kier molecular flexibility index (Phi) is 3.25. The number of anilines is 3. The zero-order valence-corrected chi connectivity index (χ0v) is 10.7. The number of hydrogen-bond donors (Lipinski definition) is 3. The van der Waals surface area contributed by atoms with Gasteiger partial charge in [0.2, 0.25) is 5.95 Å². The Bertz CT molecular complexity index is 574. The van der Waals surface area contributed by atoms with E-state index in [0.29, 0.717) is 22.9 Å². The molecule has 0 fully saturated rings. The largest absolute Gasteiger partial charge is 0.397 e. The van der Waals surface area contributed by atoms with E-state index in [-0.39, 0.29) is 5.95 Å². The minimum atomic E-state index is 0.169. The zero-order chi connectivity index (χ0) is 13.3. The average molecular weight is 264 g/mol. The molecule has 0 saturated carbocycles. The molecular formula is C12H14ClN5. The van der Waals surface area contributed by atoms with Crippen molar-refractivity contribution in [2.45, 2.75) is 13.3 Å². The minimum absolute atomic E-state index is 0.169. The van der Waals surface area contributed by atoms with Crippen LogP contribution < -0.4 is 17.2 Å². The quantitative estimate of drug-likeness (QED) is 0.717. The van der Waals surface area contributed by atoms with Gasteiger partial charge in [0.05, 0.1) is 10.7 Å². The lowest BCUT2D eigenvalue weighted by Gasteiger charge is -2.09. The van der Waals surface area contributed by atoms with Crippen molar-refractivity contribution in [3.63, 3.8) is 0 Å². The SMILES string of the molecule is Cc1cc(Cc2cnc(N)nc2N)cc(Cl)c1N. The summed E-state index contributed by atoms with van der Waals surface area (Å²) in [6.45, 7) is 1.91. The number of aromatic nitrogens is 2. The highest BCUT2D eigenvalue weighted by atomic mass is 35.5. The highest BCUT2D eigenvalue weighted by molar-refractivity contribution is 6.33. The van der Waals surface area contributed by atoms with Gasteiger partial charge in [-0.15, -0.1) is 0 Å². The Balaban J connectivity index is 2.34. The lowest BCUT2D eigenvalue weighted by atomic mass is 10.0. The summed E-state index contributed by atoms with van der Waals surface area (Å²) in [4.78, 5) is 7.85. The molecule has 0 radical (unpaired) electrons. The fourth-order valence-electron chi connectivity index (χ4n) is 1.72. The van der Waals surface area contributed by atoms with Crippen molar-refractivity contribution in [1.82, 2.24) is 9.97 Å². The predicted molar refractivity (Wildman–Crippen MR) is 74.3 cm³/mol. The summed E-state index contributed by atoms with van der Waals surface area (Å²) in [5.41, 5.74) is 20.4. The number of nitrogen functional groups attached to an aromatic ring is 3. The molecule has 0 aliphatic rings. The molecule has 18 heavy (non-hydrogen) atoms.